The number of hydrogen-bond donors (Lipinski definition) is 2. The molecule has 0 amide bonds. The summed E-state index contributed by atoms with van der Waals surface area (Å²) < 4.78 is 2.00. The van der Waals surface area contributed by atoms with Crippen LogP contribution in [0.25, 0.3) is 5.65 Å². The molecule has 0 atom stereocenters. The lowest BCUT2D eigenvalue weighted by Gasteiger charge is -2.11. The third kappa shape index (κ3) is 1.33. The molecule has 1 aliphatic rings. The van der Waals surface area contributed by atoms with E-state index in [2.05, 4.69) is 15.3 Å². The fourth-order valence-corrected chi connectivity index (χ4v) is 1.77. The smallest absolute Gasteiger partial charge is 0.139 e. The quantitative estimate of drug-likeness (QED) is 0.724. The zero-order valence-corrected chi connectivity index (χ0v) is 8.59. The van der Waals surface area contributed by atoms with Gasteiger partial charge in [-0.3, -0.25) is 4.40 Å². The van der Waals surface area contributed by atoms with Gasteiger partial charge in [-0.25, -0.2) is 9.98 Å². The van der Waals surface area contributed by atoms with Crippen LogP contribution in [0.4, 0.5) is 0 Å². The van der Waals surface area contributed by atoms with E-state index in [0.717, 1.165) is 17.1 Å². The van der Waals surface area contributed by atoms with Crippen LogP contribution < -0.4 is 11.1 Å². The number of nitrogens with one attached hydrogen (secondary N) is 1. The molecule has 0 spiro atoms. The van der Waals surface area contributed by atoms with Crippen molar-refractivity contribution < 1.29 is 0 Å². The first-order valence-corrected chi connectivity index (χ1v) is 5.03. The SMILES string of the molecule is NC1=CNCC(c2cnc3ccccn23)=N1. The molecular weight excluding hydrogens is 202 g/mol. The Bertz CT molecular complexity index is 593. The molecule has 0 saturated heterocycles. The standard InChI is InChI=1S/C11H11N5/c12-10-7-13-5-8(15-10)9-6-14-11-3-1-2-4-16(9)11/h1-4,6-7,13H,5,12H2. The summed E-state index contributed by atoms with van der Waals surface area (Å²) in [5, 5.41) is 3.08. The van der Waals surface area contributed by atoms with Gasteiger partial charge in [0, 0.05) is 12.4 Å². The Hall–Kier alpha value is -2.30. The van der Waals surface area contributed by atoms with Crippen molar-refractivity contribution in [1.29, 1.82) is 0 Å². The number of hydrogen-bond acceptors (Lipinski definition) is 4. The van der Waals surface area contributed by atoms with Gasteiger partial charge in [0.1, 0.15) is 11.5 Å². The van der Waals surface area contributed by atoms with Crippen molar-refractivity contribution >= 4 is 11.4 Å². The van der Waals surface area contributed by atoms with Crippen molar-refractivity contribution in [2.45, 2.75) is 0 Å². The lowest BCUT2D eigenvalue weighted by molar-refractivity contribution is 0.940. The van der Waals surface area contributed by atoms with Gasteiger partial charge in [-0.05, 0) is 12.1 Å². The van der Waals surface area contributed by atoms with Gasteiger partial charge >= 0.3 is 0 Å². The monoisotopic (exact) mass is 213 g/mol. The lowest BCUT2D eigenvalue weighted by Crippen LogP contribution is -2.26. The van der Waals surface area contributed by atoms with E-state index in [1.807, 2.05) is 35.0 Å². The van der Waals surface area contributed by atoms with Crippen molar-refractivity contribution in [2.24, 2.45) is 10.7 Å². The lowest BCUT2D eigenvalue weighted by atomic mass is 10.2. The van der Waals surface area contributed by atoms with Crippen LogP contribution in [0.3, 0.4) is 0 Å². The molecule has 0 unspecified atom stereocenters. The van der Waals surface area contributed by atoms with Gasteiger partial charge in [-0.1, -0.05) is 6.07 Å². The third-order valence-electron chi connectivity index (χ3n) is 2.50. The number of pyridine rings is 1. The Labute approximate surface area is 92.3 Å². The van der Waals surface area contributed by atoms with Gasteiger partial charge in [0.25, 0.3) is 0 Å². The molecule has 3 rings (SSSR count). The van der Waals surface area contributed by atoms with Crippen molar-refractivity contribution in [3.8, 4) is 0 Å². The second-order valence-electron chi connectivity index (χ2n) is 3.58. The molecule has 0 fully saturated rings. The molecule has 5 nitrogen and oxygen atoms in total. The number of imidazole rings is 1. The Kier molecular flexibility index (Phi) is 1.89. The van der Waals surface area contributed by atoms with Gasteiger partial charge in [-0.15, -0.1) is 0 Å². The van der Waals surface area contributed by atoms with E-state index >= 15 is 0 Å². The molecule has 16 heavy (non-hydrogen) atoms. The second kappa shape index (κ2) is 3.37. The molecule has 0 saturated carbocycles. The van der Waals surface area contributed by atoms with Crippen molar-refractivity contribution in [2.75, 3.05) is 6.54 Å². The van der Waals surface area contributed by atoms with Crippen molar-refractivity contribution in [3.05, 3.63) is 48.3 Å². The third-order valence-corrected chi connectivity index (χ3v) is 2.50. The fourth-order valence-electron chi connectivity index (χ4n) is 1.77. The molecule has 3 N–H and O–H groups in total. The minimum Gasteiger partial charge on any atom is -0.382 e. The summed E-state index contributed by atoms with van der Waals surface area (Å²) >= 11 is 0. The van der Waals surface area contributed by atoms with Crippen molar-refractivity contribution in [3.63, 3.8) is 0 Å². The van der Waals surface area contributed by atoms with E-state index in [-0.39, 0.29) is 0 Å². The summed E-state index contributed by atoms with van der Waals surface area (Å²) in [5.41, 5.74) is 8.44. The van der Waals surface area contributed by atoms with E-state index in [1.165, 1.54) is 0 Å². The number of aliphatic imine (C=N–C) groups is 1. The largest absolute Gasteiger partial charge is 0.382 e. The molecular formula is C11H11N5. The number of nitrogens with two attached hydrogens (primary N) is 1. The van der Waals surface area contributed by atoms with Crippen molar-refractivity contribution in [1.82, 2.24) is 14.7 Å². The minimum absolute atomic E-state index is 0.493. The Balaban J connectivity index is 2.16. The highest BCUT2D eigenvalue weighted by Crippen LogP contribution is 2.09. The number of nitrogens with zero attached hydrogens (tertiary/aromatic N) is 3. The predicted molar refractivity (Wildman–Crippen MR) is 62.0 cm³/mol. The molecule has 80 valence electrons. The Morgan fingerprint density at radius 1 is 1.38 bits per heavy atom. The number of rotatable bonds is 1. The minimum atomic E-state index is 0.493. The molecule has 2 aromatic heterocycles. The fraction of sp³-hybridized carbons (Fsp3) is 0.0909. The first-order valence-electron chi connectivity index (χ1n) is 5.03. The van der Waals surface area contributed by atoms with Crippen LogP contribution >= 0.6 is 0 Å². The van der Waals surface area contributed by atoms with Gasteiger partial charge in [-0.2, -0.15) is 0 Å². The number of aromatic nitrogens is 2. The zero-order chi connectivity index (χ0) is 11.0. The van der Waals surface area contributed by atoms with Gasteiger partial charge in [0.15, 0.2) is 0 Å². The summed E-state index contributed by atoms with van der Waals surface area (Å²) in [6.45, 7) is 0.670. The maximum atomic E-state index is 5.66. The van der Waals surface area contributed by atoms with E-state index in [0.29, 0.717) is 12.4 Å². The molecule has 0 aromatic carbocycles. The highest BCUT2D eigenvalue weighted by molar-refractivity contribution is 6.02. The van der Waals surface area contributed by atoms with E-state index in [9.17, 15) is 0 Å². The topological polar surface area (TPSA) is 67.7 Å². The molecule has 1 aliphatic heterocycles. The first kappa shape index (κ1) is 8.96. The zero-order valence-electron chi connectivity index (χ0n) is 8.59. The second-order valence-corrected chi connectivity index (χ2v) is 3.58. The number of fused-ring (bicyclic) bond motifs is 1. The van der Waals surface area contributed by atoms with Crippen LogP contribution in [0.1, 0.15) is 5.69 Å². The van der Waals surface area contributed by atoms with Crippen LogP contribution in [0.2, 0.25) is 0 Å². The van der Waals surface area contributed by atoms with Crippen LogP contribution in [0.5, 0.6) is 0 Å². The van der Waals surface area contributed by atoms with Crippen LogP contribution in [0, 0.1) is 0 Å². The summed E-state index contributed by atoms with van der Waals surface area (Å²) in [6, 6.07) is 5.88. The first-order chi connectivity index (χ1) is 7.84. The van der Waals surface area contributed by atoms with Crippen LogP contribution in [-0.2, 0) is 0 Å². The van der Waals surface area contributed by atoms with E-state index in [4.69, 9.17) is 5.73 Å². The summed E-state index contributed by atoms with van der Waals surface area (Å²) in [5.74, 6) is 0.493. The van der Waals surface area contributed by atoms with Crippen LogP contribution in [-0.4, -0.2) is 21.6 Å². The molecule has 2 aromatic rings. The highest BCUT2D eigenvalue weighted by Gasteiger charge is 2.11. The maximum Gasteiger partial charge on any atom is 0.139 e. The van der Waals surface area contributed by atoms with Gasteiger partial charge in [0.05, 0.1) is 24.1 Å². The maximum absolute atomic E-state index is 5.66. The molecule has 0 bridgehead atoms. The van der Waals surface area contributed by atoms with Gasteiger partial charge in [0.2, 0.25) is 0 Å². The average molecular weight is 213 g/mol. The summed E-state index contributed by atoms with van der Waals surface area (Å²) in [4.78, 5) is 8.62. The highest BCUT2D eigenvalue weighted by atomic mass is 15.1. The predicted octanol–water partition coefficient (Wildman–Crippen LogP) is 0.484. The van der Waals surface area contributed by atoms with E-state index < -0.39 is 0 Å². The summed E-state index contributed by atoms with van der Waals surface area (Å²) in [6.07, 6.45) is 5.48. The van der Waals surface area contributed by atoms with Crippen LogP contribution in [0.15, 0.2) is 47.6 Å². The molecule has 0 radical (unpaired) electrons. The molecule has 5 heteroatoms. The van der Waals surface area contributed by atoms with Gasteiger partial charge < -0.3 is 11.1 Å². The molecule has 0 aliphatic carbocycles. The Morgan fingerprint density at radius 3 is 3.19 bits per heavy atom. The Morgan fingerprint density at radius 2 is 2.31 bits per heavy atom. The van der Waals surface area contributed by atoms with E-state index in [1.54, 1.807) is 6.20 Å². The summed E-state index contributed by atoms with van der Waals surface area (Å²) in [7, 11) is 0. The normalized spacial score (nSPS) is 15.5. The molecule has 3 heterocycles. The average Bonchev–Trinajstić information content (AvgIpc) is 2.72.